The number of hydrogen-bond donors (Lipinski definition) is 1. The lowest BCUT2D eigenvalue weighted by molar-refractivity contribution is -0.134. The fourth-order valence-electron chi connectivity index (χ4n) is 2.18. The summed E-state index contributed by atoms with van der Waals surface area (Å²) >= 11 is 0. The Morgan fingerprint density at radius 3 is 2.58 bits per heavy atom. The third kappa shape index (κ3) is 3.92. The zero-order chi connectivity index (χ0) is 13.7. The van der Waals surface area contributed by atoms with Crippen LogP contribution in [-0.2, 0) is 4.79 Å². The van der Waals surface area contributed by atoms with Crippen LogP contribution in [0.4, 0.5) is 4.39 Å². The lowest BCUT2D eigenvalue weighted by atomic mass is 10.1. The van der Waals surface area contributed by atoms with E-state index < -0.39 is 0 Å². The number of carbonyl (C=O) groups is 1. The number of amides is 1. The second kappa shape index (κ2) is 6.52. The molecule has 1 aromatic rings. The SMILES string of the molecule is CNC1CCN(C(=O)COc2ccc(F)cc2)CC1. The molecule has 0 bridgehead atoms. The number of rotatable bonds is 4. The quantitative estimate of drug-likeness (QED) is 0.896. The van der Waals surface area contributed by atoms with E-state index in [0.29, 0.717) is 11.8 Å². The lowest BCUT2D eigenvalue weighted by Gasteiger charge is -2.31. The van der Waals surface area contributed by atoms with Gasteiger partial charge < -0.3 is 15.0 Å². The molecule has 0 radical (unpaired) electrons. The molecule has 0 aliphatic carbocycles. The van der Waals surface area contributed by atoms with E-state index in [2.05, 4.69) is 5.32 Å². The number of nitrogens with one attached hydrogen (secondary N) is 1. The van der Waals surface area contributed by atoms with Crippen molar-refractivity contribution in [3.8, 4) is 5.75 Å². The van der Waals surface area contributed by atoms with Crippen molar-refractivity contribution >= 4 is 5.91 Å². The molecule has 1 aliphatic rings. The topological polar surface area (TPSA) is 41.6 Å². The van der Waals surface area contributed by atoms with E-state index in [9.17, 15) is 9.18 Å². The minimum atomic E-state index is -0.312. The van der Waals surface area contributed by atoms with Gasteiger partial charge in [0, 0.05) is 19.1 Å². The molecule has 2 rings (SSSR count). The molecule has 0 aromatic heterocycles. The van der Waals surface area contributed by atoms with Gasteiger partial charge in [0.1, 0.15) is 11.6 Å². The largest absolute Gasteiger partial charge is 0.484 e. The molecule has 1 saturated heterocycles. The van der Waals surface area contributed by atoms with Gasteiger partial charge in [-0.15, -0.1) is 0 Å². The van der Waals surface area contributed by atoms with Crippen molar-refractivity contribution in [1.82, 2.24) is 10.2 Å². The fraction of sp³-hybridized carbons (Fsp3) is 0.500. The second-order valence-corrected chi connectivity index (χ2v) is 4.69. The van der Waals surface area contributed by atoms with Crippen molar-refractivity contribution < 1.29 is 13.9 Å². The second-order valence-electron chi connectivity index (χ2n) is 4.69. The molecule has 19 heavy (non-hydrogen) atoms. The van der Waals surface area contributed by atoms with Crippen LogP contribution in [-0.4, -0.2) is 43.6 Å². The lowest BCUT2D eigenvalue weighted by Crippen LogP contribution is -2.45. The van der Waals surface area contributed by atoms with Gasteiger partial charge in [-0.05, 0) is 44.2 Å². The molecule has 1 amide bonds. The Balaban J connectivity index is 1.77. The van der Waals surface area contributed by atoms with E-state index in [0.717, 1.165) is 25.9 Å². The summed E-state index contributed by atoms with van der Waals surface area (Å²) < 4.78 is 18.1. The van der Waals surface area contributed by atoms with Crippen LogP contribution in [0.3, 0.4) is 0 Å². The Bertz CT molecular complexity index is 414. The molecule has 0 unspecified atom stereocenters. The van der Waals surface area contributed by atoms with Gasteiger partial charge in [0.2, 0.25) is 0 Å². The van der Waals surface area contributed by atoms with Crippen molar-refractivity contribution in [2.45, 2.75) is 18.9 Å². The van der Waals surface area contributed by atoms with Gasteiger partial charge in [-0.1, -0.05) is 0 Å². The Hall–Kier alpha value is -1.62. The summed E-state index contributed by atoms with van der Waals surface area (Å²) in [6.45, 7) is 1.53. The van der Waals surface area contributed by atoms with E-state index in [-0.39, 0.29) is 18.3 Å². The van der Waals surface area contributed by atoms with Crippen LogP contribution < -0.4 is 10.1 Å². The zero-order valence-corrected chi connectivity index (χ0v) is 11.1. The molecule has 0 spiro atoms. The molecular formula is C14H19FN2O2. The number of ether oxygens (including phenoxy) is 1. The summed E-state index contributed by atoms with van der Waals surface area (Å²) in [7, 11) is 1.94. The van der Waals surface area contributed by atoms with Gasteiger partial charge >= 0.3 is 0 Å². The molecular weight excluding hydrogens is 247 g/mol. The first kappa shape index (κ1) is 13.8. The summed E-state index contributed by atoms with van der Waals surface area (Å²) in [5.41, 5.74) is 0. The average Bonchev–Trinajstić information content (AvgIpc) is 2.46. The summed E-state index contributed by atoms with van der Waals surface area (Å²) in [4.78, 5) is 13.8. The summed E-state index contributed by atoms with van der Waals surface area (Å²) in [6.07, 6.45) is 1.94. The van der Waals surface area contributed by atoms with Gasteiger partial charge in [-0.3, -0.25) is 4.79 Å². The van der Waals surface area contributed by atoms with Crippen LogP contribution in [0, 0.1) is 5.82 Å². The van der Waals surface area contributed by atoms with E-state index >= 15 is 0 Å². The maximum atomic E-state index is 12.7. The fourth-order valence-corrected chi connectivity index (χ4v) is 2.18. The predicted octanol–water partition coefficient (Wildman–Crippen LogP) is 1.41. The van der Waals surface area contributed by atoms with Crippen molar-refractivity contribution in [2.75, 3.05) is 26.7 Å². The first-order valence-corrected chi connectivity index (χ1v) is 6.52. The standard InChI is InChI=1S/C14H19FN2O2/c1-16-12-6-8-17(9-7-12)14(18)10-19-13-4-2-11(15)3-5-13/h2-5,12,16H,6-10H2,1H3. The van der Waals surface area contributed by atoms with E-state index in [1.165, 1.54) is 24.3 Å². The van der Waals surface area contributed by atoms with Crippen LogP contribution >= 0.6 is 0 Å². The van der Waals surface area contributed by atoms with Crippen LogP contribution in [0.5, 0.6) is 5.75 Å². The first-order chi connectivity index (χ1) is 9.19. The highest BCUT2D eigenvalue weighted by molar-refractivity contribution is 5.77. The average molecular weight is 266 g/mol. The van der Waals surface area contributed by atoms with Crippen LogP contribution in [0.25, 0.3) is 0 Å². The Kier molecular flexibility index (Phi) is 4.74. The van der Waals surface area contributed by atoms with Gasteiger partial charge in [0.15, 0.2) is 6.61 Å². The van der Waals surface area contributed by atoms with Crippen molar-refractivity contribution in [3.05, 3.63) is 30.1 Å². The highest BCUT2D eigenvalue weighted by atomic mass is 19.1. The van der Waals surface area contributed by atoms with Crippen LogP contribution in [0.1, 0.15) is 12.8 Å². The van der Waals surface area contributed by atoms with E-state index in [1.54, 1.807) is 0 Å². The number of hydrogen-bond acceptors (Lipinski definition) is 3. The summed E-state index contributed by atoms with van der Waals surface area (Å²) in [5.74, 6) is 0.187. The molecule has 1 aromatic carbocycles. The smallest absolute Gasteiger partial charge is 0.260 e. The molecule has 0 saturated carbocycles. The summed E-state index contributed by atoms with van der Waals surface area (Å²) in [5, 5.41) is 3.22. The van der Waals surface area contributed by atoms with Gasteiger partial charge in [-0.2, -0.15) is 0 Å². The monoisotopic (exact) mass is 266 g/mol. The third-order valence-corrected chi connectivity index (χ3v) is 3.43. The molecule has 104 valence electrons. The van der Waals surface area contributed by atoms with Crippen LogP contribution in [0.2, 0.25) is 0 Å². The number of carbonyl (C=O) groups excluding carboxylic acids is 1. The maximum Gasteiger partial charge on any atom is 0.260 e. The van der Waals surface area contributed by atoms with Gasteiger partial charge in [-0.25, -0.2) is 4.39 Å². The minimum absolute atomic E-state index is 0.00977. The van der Waals surface area contributed by atoms with Crippen LogP contribution in [0.15, 0.2) is 24.3 Å². The Labute approximate surface area is 112 Å². The molecule has 0 atom stereocenters. The van der Waals surface area contributed by atoms with Gasteiger partial charge in [0.25, 0.3) is 5.91 Å². The third-order valence-electron chi connectivity index (χ3n) is 3.43. The Morgan fingerprint density at radius 2 is 2.00 bits per heavy atom. The zero-order valence-electron chi connectivity index (χ0n) is 11.1. The van der Waals surface area contributed by atoms with Crippen molar-refractivity contribution in [3.63, 3.8) is 0 Å². The molecule has 1 fully saturated rings. The number of likely N-dealkylation sites (tertiary alicyclic amines) is 1. The van der Waals surface area contributed by atoms with E-state index in [4.69, 9.17) is 4.74 Å². The molecule has 1 N–H and O–H groups in total. The number of benzene rings is 1. The highest BCUT2D eigenvalue weighted by Crippen LogP contribution is 2.13. The number of halogens is 1. The number of piperidine rings is 1. The minimum Gasteiger partial charge on any atom is -0.484 e. The number of nitrogens with zero attached hydrogens (tertiary/aromatic N) is 1. The van der Waals surface area contributed by atoms with Crippen molar-refractivity contribution in [1.29, 1.82) is 0 Å². The normalized spacial score (nSPS) is 16.4. The molecule has 4 nitrogen and oxygen atoms in total. The Morgan fingerprint density at radius 1 is 1.37 bits per heavy atom. The van der Waals surface area contributed by atoms with Crippen molar-refractivity contribution in [2.24, 2.45) is 0 Å². The summed E-state index contributed by atoms with van der Waals surface area (Å²) in [6, 6.07) is 6.18. The maximum absolute atomic E-state index is 12.7. The molecule has 1 heterocycles. The first-order valence-electron chi connectivity index (χ1n) is 6.52. The highest BCUT2D eigenvalue weighted by Gasteiger charge is 2.21. The molecule has 1 aliphatic heterocycles. The predicted molar refractivity (Wildman–Crippen MR) is 70.6 cm³/mol. The van der Waals surface area contributed by atoms with Gasteiger partial charge in [0.05, 0.1) is 0 Å². The molecule has 5 heteroatoms. The van der Waals surface area contributed by atoms with E-state index in [1.807, 2.05) is 11.9 Å².